The highest BCUT2D eigenvalue weighted by Gasteiger charge is 2.32. The number of amides is 2. The monoisotopic (exact) mass is 528 g/mol. The number of thiocarbonyl (C=S) groups is 1. The first-order chi connectivity index (χ1) is 16.0. The zero-order chi connectivity index (χ0) is 24.9. The standard InChI is InChI=1S/C23H20ClF3N2O3S2/c24-16-8-9-18(30)14(11-16)12-19-21(32)29(22(33)34-19)10-3-1-2-7-20(31)28-17-6-4-5-15(13-17)23(25,26)27/h4-6,8-9,11-13,30H,1-3,7,10H2,(H,28,31)/b19-12-. The van der Waals surface area contributed by atoms with E-state index in [4.69, 9.17) is 23.8 Å². The Labute approximate surface area is 209 Å². The third kappa shape index (κ3) is 6.97. The number of rotatable bonds is 8. The Morgan fingerprint density at radius 2 is 1.94 bits per heavy atom. The summed E-state index contributed by atoms with van der Waals surface area (Å²) in [4.78, 5) is 26.6. The first-order valence-corrected chi connectivity index (χ1v) is 11.9. The molecule has 1 aliphatic rings. The summed E-state index contributed by atoms with van der Waals surface area (Å²) in [5.41, 5.74) is -0.317. The van der Waals surface area contributed by atoms with Gasteiger partial charge in [0.1, 0.15) is 10.1 Å². The van der Waals surface area contributed by atoms with E-state index in [0.29, 0.717) is 45.6 Å². The maximum Gasteiger partial charge on any atom is 0.416 e. The molecule has 2 aromatic rings. The van der Waals surface area contributed by atoms with Crippen LogP contribution >= 0.6 is 35.6 Å². The lowest BCUT2D eigenvalue weighted by atomic mass is 10.1. The van der Waals surface area contributed by atoms with Gasteiger partial charge in [0.15, 0.2) is 0 Å². The number of phenolic OH excluding ortho intramolecular Hbond substituents is 1. The van der Waals surface area contributed by atoms with Gasteiger partial charge in [0.05, 0.1) is 10.5 Å². The molecule has 0 spiro atoms. The number of carbonyl (C=O) groups is 2. The van der Waals surface area contributed by atoms with Crippen molar-refractivity contribution >= 4 is 63.5 Å². The van der Waals surface area contributed by atoms with Crippen molar-refractivity contribution in [2.24, 2.45) is 0 Å². The van der Waals surface area contributed by atoms with E-state index in [0.717, 1.165) is 23.9 Å². The van der Waals surface area contributed by atoms with E-state index < -0.39 is 11.7 Å². The van der Waals surface area contributed by atoms with Crippen molar-refractivity contribution in [2.75, 3.05) is 11.9 Å². The highest BCUT2D eigenvalue weighted by atomic mass is 35.5. The molecule has 0 unspecified atom stereocenters. The quantitative estimate of drug-likeness (QED) is 0.234. The van der Waals surface area contributed by atoms with E-state index in [1.807, 2.05) is 0 Å². The number of aromatic hydroxyl groups is 1. The zero-order valence-corrected chi connectivity index (χ0v) is 20.1. The predicted molar refractivity (Wildman–Crippen MR) is 132 cm³/mol. The number of halogens is 4. The van der Waals surface area contributed by atoms with Crippen LogP contribution in [0.1, 0.15) is 36.8 Å². The Balaban J connectivity index is 1.45. The summed E-state index contributed by atoms with van der Waals surface area (Å²) in [6, 6.07) is 9.01. The van der Waals surface area contributed by atoms with Crippen molar-refractivity contribution in [1.82, 2.24) is 4.90 Å². The lowest BCUT2D eigenvalue weighted by Crippen LogP contribution is -2.29. The summed E-state index contributed by atoms with van der Waals surface area (Å²) >= 11 is 12.4. The van der Waals surface area contributed by atoms with Gasteiger partial charge in [-0.1, -0.05) is 48.1 Å². The molecule has 2 N–H and O–H groups in total. The Morgan fingerprint density at radius 3 is 2.68 bits per heavy atom. The number of nitrogens with one attached hydrogen (secondary N) is 1. The lowest BCUT2D eigenvalue weighted by molar-refractivity contribution is -0.137. The van der Waals surface area contributed by atoms with Gasteiger partial charge in [-0.3, -0.25) is 14.5 Å². The molecular formula is C23H20ClF3N2O3S2. The van der Waals surface area contributed by atoms with Crippen molar-refractivity contribution in [3.8, 4) is 5.75 Å². The molecule has 0 bridgehead atoms. The van der Waals surface area contributed by atoms with E-state index >= 15 is 0 Å². The number of hydrogen-bond donors (Lipinski definition) is 2. The van der Waals surface area contributed by atoms with Crippen LogP contribution in [0.3, 0.4) is 0 Å². The Hall–Kier alpha value is -2.56. The molecule has 1 aliphatic heterocycles. The average molecular weight is 529 g/mol. The van der Waals surface area contributed by atoms with Gasteiger partial charge in [-0.25, -0.2) is 0 Å². The van der Waals surface area contributed by atoms with Gasteiger partial charge in [0, 0.05) is 29.2 Å². The van der Waals surface area contributed by atoms with Gasteiger partial charge in [-0.2, -0.15) is 13.2 Å². The molecule has 0 aliphatic carbocycles. The number of anilines is 1. The molecule has 1 heterocycles. The fourth-order valence-electron chi connectivity index (χ4n) is 3.20. The second kappa shape index (κ2) is 11.2. The Bertz CT molecular complexity index is 1140. The van der Waals surface area contributed by atoms with E-state index in [1.165, 1.54) is 23.1 Å². The van der Waals surface area contributed by atoms with Crippen LogP contribution in [0.5, 0.6) is 5.75 Å². The topological polar surface area (TPSA) is 69.6 Å². The Kier molecular flexibility index (Phi) is 8.62. The van der Waals surface area contributed by atoms with Crippen molar-refractivity contribution in [1.29, 1.82) is 0 Å². The molecule has 1 saturated heterocycles. The van der Waals surface area contributed by atoms with Crippen molar-refractivity contribution < 1.29 is 27.9 Å². The van der Waals surface area contributed by atoms with E-state index in [-0.39, 0.29) is 29.7 Å². The normalized spacial score (nSPS) is 15.3. The molecule has 34 heavy (non-hydrogen) atoms. The van der Waals surface area contributed by atoms with Crippen molar-refractivity contribution in [2.45, 2.75) is 31.9 Å². The smallest absolute Gasteiger partial charge is 0.416 e. The first-order valence-electron chi connectivity index (χ1n) is 10.3. The number of unbranched alkanes of at least 4 members (excludes halogenated alkanes) is 2. The van der Waals surface area contributed by atoms with Crippen LogP contribution in [0.4, 0.5) is 18.9 Å². The number of carbonyl (C=O) groups excluding carboxylic acids is 2. The van der Waals surface area contributed by atoms with Gasteiger partial charge in [-0.05, 0) is 55.3 Å². The van der Waals surface area contributed by atoms with E-state index in [9.17, 15) is 27.9 Å². The SMILES string of the molecule is O=C(CCCCCN1C(=O)/C(=C/c2cc(Cl)ccc2O)SC1=S)Nc1cccc(C(F)(F)F)c1. The summed E-state index contributed by atoms with van der Waals surface area (Å²) in [6.45, 7) is 0.374. The molecule has 0 radical (unpaired) electrons. The molecule has 2 aromatic carbocycles. The molecule has 2 amide bonds. The molecule has 5 nitrogen and oxygen atoms in total. The lowest BCUT2D eigenvalue weighted by Gasteiger charge is -2.14. The van der Waals surface area contributed by atoms with Gasteiger partial charge < -0.3 is 10.4 Å². The summed E-state index contributed by atoms with van der Waals surface area (Å²) in [5.74, 6) is -0.649. The van der Waals surface area contributed by atoms with Gasteiger partial charge in [0.2, 0.25) is 5.91 Å². The molecule has 0 aromatic heterocycles. The molecule has 0 saturated carbocycles. The minimum Gasteiger partial charge on any atom is -0.507 e. The van der Waals surface area contributed by atoms with Gasteiger partial charge in [0.25, 0.3) is 5.91 Å². The van der Waals surface area contributed by atoms with Crippen LogP contribution in [0, 0.1) is 0 Å². The van der Waals surface area contributed by atoms with Crippen LogP contribution in [0.25, 0.3) is 6.08 Å². The van der Waals surface area contributed by atoms with Gasteiger partial charge in [-0.15, -0.1) is 0 Å². The number of hydrogen-bond acceptors (Lipinski definition) is 5. The second-order valence-corrected chi connectivity index (χ2v) is 9.59. The third-order valence-corrected chi connectivity index (χ3v) is 6.52. The summed E-state index contributed by atoms with van der Waals surface area (Å²) in [6.07, 6.45) is -1.07. The Morgan fingerprint density at radius 1 is 1.18 bits per heavy atom. The largest absolute Gasteiger partial charge is 0.507 e. The summed E-state index contributed by atoms with van der Waals surface area (Å²) in [5, 5.41) is 12.8. The number of alkyl halides is 3. The van der Waals surface area contributed by atoms with E-state index in [2.05, 4.69) is 5.32 Å². The predicted octanol–water partition coefficient (Wildman–Crippen LogP) is 6.46. The first kappa shape index (κ1) is 26.1. The third-order valence-electron chi connectivity index (χ3n) is 4.91. The fraction of sp³-hybridized carbons (Fsp3) is 0.261. The van der Waals surface area contributed by atoms with Gasteiger partial charge >= 0.3 is 6.18 Å². The summed E-state index contributed by atoms with van der Waals surface area (Å²) < 4.78 is 38.7. The van der Waals surface area contributed by atoms with E-state index in [1.54, 1.807) is 18.2 Å². The molecule has 3 rings (SSSR count). The molecule has 11 heteroatoms. The number of benzene rings is 2. The second-order valence-electron chi connectivity index (χ2n) is 7.47. The minimum absolute atomic E-state index is 0.00178. The van der Waals surface area contributed by atoms with Crippen LogP contribution < -0.4 is 5.32 Å². The molecule has 180 valence electrons. The number of phenols is 1. The van der Waals surface area contributed by atoms with Crippen LogP contribution in [0.15, 0.2) is 47.4 Å². The maximum atomic E-state index is 12.8. The van der Waals surface area contributed by atoms with Crippen LogP contribution in [-0.2, 0) is 15.8 Å². The molecule has 1 fully saturated rings. The van der Waals surface area contributed by atoms with Crippen molar-refractivity contribution in [3.63, 3.8) is 0 Å². The minimum atomic E-state index is -4.48. The van der Waals surface area contributed by atoms with Crippen molar-refractivity contribution in [3.05, 3.63) is 63.5 Å². The highest BCUT2D eigenvalue weighted by Crippen LogP contribution is 2.35. The average Bonchev–Trinajstić information content (AvgIpc) is 3.03. The molecule has 0 atom stereocenters. The number of nitrogens with zero attached hydrogens (tertiary/aromatic N) is 1. The highest BCUT2D eigenvalue weighted by molar-refractivity contribution is 8.26. The summed E-state index contributed by atoms with van der Waals surface area (Å²) in [7, 11) is 0. The zero-order valence-electron chi connectivity index (χ0n) is 17.7. The maximum absolute atomic E-state index is 12.8. The van der Waals surface area contributed by atoms with Crippen LogP contribution in [-0.4, -0.2) is 32.7 Å². The molecular weight excluding hydrogens is 509 g/mol. The fourth-order valence-corrected chi connectivity index (χ4v) is 4.68. The number of thioether (sulfide) groups is 1. The van der Waals surface area contributed by atoms with Crippen LogP contribution in [0.2, 0.25) is 5.02 Å².